The Balaban J connectivity index is 1.59. The number of nitrogens with zero attached hydrogens (tertiary/aromatic N) is 3. The van der Waals surface area contributed by atoms with E-state index in [1.54, 1.807) is 4.90 Å². The average Bonchev–Trinajstić information content (AvgIpc) is 2.81. The molecule has 0 saturated carbocycles. The van der Waals surface area contributed by atoms with Crippen LogP contribution in [0.4, 0.5) is 11.4 Å². The van der Waals surface area contributed by atoms with E-state index >= 15 is 0 Å². The van der Waals surface area contributed by atoms with Gasteiger partial charge in [-0.25, -0.2) is 0 Å². The number of hydrogen-bond donors (Lipinski definition) is 2. The van der Waals surface area contributed by atoms with E-state index in [1.165, 1.54) is 25.1 Å². The third-order valence-corrected chi connectivity index (χ3v) is 5.24. The minimum absolute atomic E-state index is 0.0287. The summed E-state index contributed by atoms with van der Waals surface area (Å²) < 4.78 is 0. The number of piperazine rings is 1. The zero-order chi connectivity index (χ0) is 23.1. The Kier molecular flexibility index (Phi) is 7.37. The monoisotopic (exact) mass is 439 g/mol. The molecule has 10 heteroatoms. The zero-order valence-electron chi connectivity index (χ0n) is 17.7. The highest BCUT2D eigenvalue weighted by atomic mass is 16.6. The Morgan fingerprint density at radius 2 is 1.69 bits per heavy atom. The number of hydrogen-bond acceptors (Lipinski definition) is 6. The van der Waals surface area contributed by atoms with Gasteiger partial charge < -0.3 is 20.4 Å². The third-order valence-electron chi connectivity index (χ3n) is 5.24. The van der Waals surface area contributed by atoms with Gasteiger partial charge in [0.05, 0.1) is 11.5 Å². The lowest BCUT2D eigenvalue weighted by Crippen LogP contribution is -2.48. The Hall–Kier alpha value is -3.95. The first-order chi connectivity index (χ1) is 15.3. The van der Waals surface area contributed by atoms with Gasteiger partial charge in [0.25, 0.3) is 11.6 Å². The van der Waals surface area contributed by atoms with E-state index in [1.807, 2.05) is 35.2 Å². The van der Waals surface area contributed by atoms with Crippen LogP contribution in [0.1, 0.15) is 22.8 Å². The maximum atomic E-state index is 12.4. The van der Waals surface area contributed by atoms with Crippen LogP contribution in [-0.4, -0.2) is 60.3 Å². The van der Waals surface area contributed by atoms with E-state index in [0.717, 1.165) is 5.56 Å². The zero-order valence-corrected chi connectivity index (χ0v) is 17.7. The van der Waals surface area contributed by atoms with Gasteiger partial charge >= 0.3 is 0 Å². The predicted molar refractivity (Wildman–Crippen MR) is 118 cm³/mol. The molecule has 1 saturated heterocycles. The van der Waals surface area contributed by atoms with Crippen molar-refractivity contribution in [1.82, 2.24) is 15.5 Å². The van der Waals surface area contributed by atoms with Gasteiger partial charge in [0.2, 0.25) is 11.8 Å². The number of nitro benzene ring substituents is 1. The second kappa shape index (κ2) is 10.4. The van der Waals surface area contributed by atoms with Crippen LogP contribution in [0.25, 0.3) is 0 Å². The van der Waals surface area contributed by atoms with Gasteiger partial charge in [0.1, 0.15) is 5.69 Å². The number of benzene rings is 2. The van der Waals surface area contributed by atoms with Gasteiger partial charge in [0, 0.05) is 51.3 Å². The molecule has 168 valence electrons. The Morgan fingerprint density at radius 3 is 2.31 bits per heavy atom. The summed E-state index contributed by atoms with van der Waals surface area (Å²) in [5.41, 5.74) is 1.24. The minimum atomic E-state index is -0.573. The second-order valence-corrected chi connectivity index (χ2v) is 7.40. The summed E-state index contributed by atoms with van der Waals surface area (Å²) >= 11 is 0. The van der Waals surface area contributed by atoms with E-state index in [-0.39, 0.29) is 29.6 Å². The van der Waals surface area contributed by atoms with Gasteiger partial charge in [-0.05, 0) is 17.7 Å². The van der Waals surface area contributed by atoms with Crippen molar-refractivity contribution in [3.05, 3.63) is 69.8 Å². The molecule has 1 aliphatic heterocycles. The molecule has 2 aromatic rings. The number of nitrogens with one attached hydrogen (secondary N) is 2. The van der Waals surface area contributed by atoms with Gasteiger partial charge in [-0.1, -0.05) is 30.3 Å². The Labute approximate surface area is 185 Å². The number of rotatable bonds is 7. The van der Waals surface area contributed by atoms with Crippen LogP contribution in [0.5, 0.6) is 0 Å². The quantitative estimate of drug-likeness (QED) is 0.495. The molecule has 2 aromatic carbocycles. The normalized spacial score (nSPS) is 13.4. The fourth-order valence-corrected chi connectivity index (χ4v) is 3.46. The maximum Gasteiger partial charge on any atom is 0.293 e. The smallest absolute Gasteiger partial charge is 0.293 e. The van der Waals surface area contributed by atoms with Crippen LogP contribution in [0, 0.1) is 10.1 Å². The first-order valence-electron chi connectivity index (χ1n) is 10.2. The molecule has 1 heterocycles. The van der Waals surface area contributed by atoms with Crippen molar-refractivity contribution in [2.45, 2.75) is 13.5 Å². The summed E-state index contributed by atoms with van der Waals surface area (Å²) in [5, 5.41) is 16.8. The molecule has 2 N–H and O–H groups in total. The number of anilines is 1. The topological polar surface area (TPSA) is 125 Å². The van der Waals surface area contributed by atoms with Crippen LogP contribution in [-0.2, 0) is 16.1 Å². The molecule has 0 unspecified atom stereocenters. The van der Waals surface area contributed by atoms with Crippen molar-refractivity contribution < 1.29 is 19.3 Å². The highest BCUT2D eigenvalue weighted by molar-refractivity contribution is 5.97. The highest BCUT2D eigenvalue weighted by Crippen LogP contribution is 2.30. The lowest BCUT2D eigenvalue weighted by molar-refractivity contribution is -0.384. The Morgan fingerprint density at radius 1 is 1.00 bits per heavy atom. The molecule has 32 heavy (non-hydrogen) atoms. The van der Waals surface area contributed by atoms with Crippen molar-refractivity contribution in [3.8, 4) is 0 Å². The number of amides is 3. The summed E-state index contributed by atoms with van der Waals surface area (Å²) in [6.07, 6.45) is 0. The van der Waals surface area contributed by atoms with Crippen molar-refractivity contribution in [1.29, 1.82) is 0 Å². The predicted octanol–water partition coefficient (Wildman–Crippen LogP) is 1.31. The minimum Gasteiger partial charge on any atom is -0.362 e. The molecule has 0 radical (unpaired) electrons. The van der Waals surface area contributed by atoms with Crippen LogP contribution >= 0.6 is 0 Å². The maximum absolute atomic E-state index is 12.4. The van der Waals surface area contributed by atoms with E-state index in [9.17, 15) is 24.5 Å². The van der Waals surface area contributed by atoms with Crippen molar-refractivity contribution >= 4 is 29.1 Å². The number of nitro groups is 1. The van der Waals surface area contributed by atoms with Crippen LogP contribution in [0.15, 0.2) is 48.5 Å². The van der Waals surface area contributed by atoms with Crippen molar-refractivity contribution in [3.63, 3.8) is 0 Å². The van der Waals surface area contributed by atoms with Gasteiger partial charge in [-0.3, -0.25) is 24.5 Å². The molecule has 0 spiro atoms. The second-order valence-electron chi connectivity index (χ2n) is 7.40. The Bertz CT molecular complexity index is 1000. The summed E-state index contributed by atoms with van der Waals surface area (Å²) in [6.45, 7) is 3.48. The van der Waals surface area contributed by atoms with E-state index in [2.05, 4.69) is 10.6 Å². The molecule has 10 nitrogen and oxygen atoms in total. The molecule has 0 aliphatic carbocycles. The molecule has 1 aliphatic rings. The van der Waals surface area contributed by atoms with Gasteiger partial charge in [-0.2, -0.15) is 0 Å². The summed E-state index contributed by atoms with van der Waals surface area (Å²) in [7, 11) is 0. The molecule has 3 amide bonds. The summed E-state index contributed by atoms with van der Waals surface area (Å²) in [5.74, 6) is -0.966. The molecule has 0 atom stereocenters. The SMILES string of the molecule is CC(=O)N1CCN(c2ccc(C(=O)NCC(=O)NCc3ccccc3)cc2[N+](=O)[O-])CC1. The van der Waals surface area contributed by atoms with Crippen LogP contribution in [0.2, 0.25) is 0 Å². The summed E-state index contributed by atoms with van der Waals surface area (Å²) in [6, 6.07) is 13.6. The van der Waals surface area contributed by atoms with Gasteiger partial charge in [-0.15, -0.1) is 0 Å². The highest BCUT2D eigenvalue weighted by Gasteiger charge is 2.26. The lowest BCUT2D eigenvalue weighted by Gasteiger charge is -2.35. The average molecular weight is 439 g/mol. The fourth-order valence-electron chi connectivity index (χ4n) is 3.46. The van der Waals surface area contributed by atoms with Gasteiger partial charge in [0.15, 0.2) is 0 Å². The third kappa shape index (κ3) is 5.81. The largest absolute Gasteiger partial charge is 0.362 e. The number of carbonyl (C=O) groups excluding carboxylic acids is 3. The van der Waals surface area contributed by atoms with E-state index < -0.39 is 10.8 Å². The molecular weight excluding hydrogens is 414 g/mol. The standard InChI is InChI=1S/C22H25N5O5/c1-16(28)25-9-11-26(12-10-25)19-8-7-18(13-20(19)27(31)32)22(30)24-15-21(29)23-14-17-5-3-2-4-6-17/h2-8,13H,9-12,14-15H2,1H3,(H,23,29)(H,24,30). The van der Waals surface area contributed by atoms with Crippen LogP contribution in [0.3, 0.4) is 0 Å². The lowest BCUT2D eigenvalue weighted by atomic mass is 10.1. The molecule has 1 fully saturated rings. The molecule has 3 rings (SSSR count). The van der Waals surface area contributed by atoms with Crippen molar-refractivity contribution in [2.75, 3.05) is 37.6 Å². The molecule has 0 aromatic heterocycles. The number of carbonyl (C=O) groups is 3. The van der Waals surface area contributed by atoms with Crippen LogP contribution < -0.4 is 15.5 Å². The first-order valence-corrected chi connectivity index (χ1v) is 10.2. The fraction of sp³-hybridized carbons (Fsp3) is 0.318. The molecule has 0 bridgehead atoms. The van der Waals surface area contributed by atoms with Crippen molar-refractivity contribution in [2.24, 2.45) is 0 Å². The van der Waals surface area contributed by atoms with E-state index in [0.29, 0.717) is 38.4 Å². The summed E-state index contributed by atoms with van der Waals surface area (Å²) in [4.78, 5) is 50.5. The first kappa shape index (κ1) is 22.7. The molecular formula is C22H25N5O5. The van der Waals surface area contributed by atoms with E-state index in [4.69, 9.17) is 0 Å².